The standard InChI is InChI=1S/C58H69N5O9S2/c1-6-7-36-62-50-21-11-10-20-48(50)57(2,3)52(62)32-23-41-16-14-17-42(56(41)72-45-26-28-46(29-27-45)73(66,67)68)24-33-53-58(4,5)49-39-47(74(69,70)71)30-31-51(49)63(53)37-12-8-9-19-44(64)25-35-55(65)61-43-18-13-15-40(38-43)22-34-54(59)60/h10-11,13,15,18,20-21,23-24,26-33,38-39H,6-9,12,14,16-17,19,22,25,34-37H2,1-5H3,(H5-,59,60,61,65,66,67,68,69,70,71)/p+1. The van der Waals surface area contributed by atoms with Crippen LogP contribution in [0.2, 0.25) is 0 Å². The van der Waals surface area contributed by atoms with Gasteiger partial charge in [0.05, 0.1) is 21.0 Å². The molecule has 3 aliphatic rings. The summed E-state index contributed by atoms with van der Waals surface area (Å²) in [5.41, 5.74) is 14.0. The van der Waals surface area contributed by atoms with Crippen molar-refractivity contribution in [2.24, 2.45) is 5.73 Å². The molecule has 0 radical (unpaired) electrons. The van der Waals surface area contributed by atoms with Crippen LogP contribution in [0.1, 0.15) is 128 Å². The third kappa shape index (κ3) is 13.3. The fraction of sp³-hybridized carbons (Fsp3) is 0.379. The van der Waals surface area contributed by atoms with Crippen molar-refractivity contribution in [2.45, 2.75) is 139 Å². The third-order valence-corrected chi connectivity index (χ3v) is 16.0. The van der Waals surface area contributed by atoms with Gasteiger partial charge in [-0.1, -0.05) is 70.0 Å². The summed E-state index contributed by atoms with van der Waals surface area (Å²) in [7, 11) is -8.93. The number of fused-ring (bicyclic) bond motifs is 2. The van der Waals surface area contributed by atoms with Crippen molar-refractivity contribution in [1.82, 2.24) is 0 Å². The van der Waals surface area contributed by atoms with Crippen LogP contribution in [0.3, 0.4) is 0 Å². The number of anilines is 2. The Morgan fingerprint density at radius 2 is 1.51 bits per heavy atom. The van der Waals surface area contributed by atoms with E-state index in [0.717, 1.165) is 65.9 Å². The molecule has 1 amide bonds. The molecule has 0 bridgehead atoms. The van der Waals surface area contributed by atoms with E-state index >= 15 is 0 Å². The number of nitrogens with zero attached hydrogens (tertiary/aromatic N) is 2. The Morgan fingerprint density at radius 3 is 2.23 bits per heavy atom. The maximum atomic E-state index is 13.0. The van der Waals surface area contributed by atoms with Gasteiger partial charge in [-0.3, -0.25) is 24.1 Å². The van der Waals surface area contributed by atoms with Crippen molar-refractivity contribution >= 4 is 60.5 Å². The number of carbonyl (C=O) groups excluding carboxylic acids is 2. The van der Waals surface area contributed by atoms with Crippen LogP contribution in [0.5, 0.6) is 5.75 Å². The lowest BCUT2D eigenvalue weighted by atomic mass is 9.81. The zero-order valence-electron chi connectivity index (χ0n) is 43.1. The number of unbranched alkanes of at least 4 members (excludes halogenated alkanes) is 3. The number of benzene rings is 4. The molecule has 16 heteroatoms. The van der Waals surface area contributed by atoms with Crippen molar-refractivity contribution < 1.29 is 44.8 Å². The van der Waals surface area contributed by atoms with Crippen LogP contribution in [-0.4, -0.2) is 66.8 Å². The van der Waals surface area contributed by atoms with Gasteiger partial charge in [-0.05, 0) is 141 Å². The molecule has 0 saturated heterocycles. The first-order valence-corrected chi connectivity index (χ1v) is 28.4. The van der Waals surface area contributed by atoms with Gasteiger partial charge in [0.25, 0.3) is 20.2 Å². The number of Topliss-reactive ketones (excluding diaryl/α,β-unsaturated/α-hetero) is 1. The zero-order chi connectivity index (χ0) is 53.4. The predicted molar refractivity (Wildman–Crippen MR) is 292 cm³/mol. The molecule has 4 aromatic carbocycles. The fourth-order valence-electron chi connectivity index (χ4n) is 10.2. The molecule has 2 aliphatic heterocycles. The minimum absolute atomic E-state index is 0.000397. The van der Waals surface area contributed by atoms with Gasteiger partial charge in [-0.25, -0.2) is 0 Å². The minimum atomic E-state index is -4.50. The topological polar surface area (TPSA) is 220 Å². The molecule has 0 fully saturated rings. The molecule has 0 aromatic heterocycles. The number of allylic oxidation sites excluding steroid dienone is 7. The van der Waals surface area contributed by atoms with Gasteiger partial charge in [0.2, 0.25) is 11.6 Å². The molecular weight excluding hydrogens is 975 g/mol. The highest BCUT2D eigenvalue weighted by atomic mass is 32.2. The molecule has 2 heterocycles. The second kappa shape index (κ2) is 23.4. The normalized spacial score (nSPS) is 17.3. The van der Waals surface area contributed by atoms with E-state index in [4.69, 9.17) is 15.9 Å². The average Bonchev–Trinajstić information content (AvgIpc) is 3.70. The van der Waals surface area contributed by atoms with Gasteiger partial charge < -0.3 is 20.7 Å². The number of hydrogen-bond donors (Lipinski definition) is 5. The maximum Gasteiger partial charge on any atom is 0.294 e. The van der Waals surface area contributed by atoms with E-state index in [9.17, 15) is 35.5 Å². The molecule has 4 aromatic rings. The van der Waals surface area contributed by atoms with Gasteiger partial charge in [0, 0.05) is 78.8 Å². The largest absolute Gasteiger partial charge is 0.457 e. The van der Waals surface area contributed by atoms with Crippen LogP contribution >= 0.6 is 0 Å². The van der Waals surface area contributed by atoms with Crippen molar-refractivity contribution in [1.29, 1.82) is 5.41 Å². The van der Waals surface area contributed by atoms with Gasteiger partial charge in [-0.2, -0.15) is 21.4 Å². The molecule has 1 aliphatic carbocycles. The molecule has 14 nitrogen and oxygen atoms in total. The van der Waals surface area contributed by atoms with Gasteiger partial charge in [0.15, 0.2) is 5.71 Å². The summed E-state index contributed by atoms with van der Waals surface area (Å²) in [5, 5.41) is 10.3. The van der Waals surface area contributed by atoms with E-state index in [0.29, 0.717) is 68.7 Å². The second-order valence-corrected chi connectivity index (χ2v) is 23.3. The average molecular weight is 1050 g/mol. The molecule has 392 valence electrons. The number of aryl methyl sites for hydroxylation is 1. The van der Waals surface area contributed by atoms with Crippen LogP contribution < -0.4 is 20.7 Å². The summed E-state index contributed by atoms with van der Waals surface area (Å²) in [5.74, 6) is 0.869. The lowest BCUT2D eigenvalue weighted by Crippen LogP contribution is -2.28. The molecule has 0 atom stereocenters. The summed E-state index contributed by atoms with van der Waals surface area (Å²) < 4.78 is 77.7. The number of nitrogens with two attached hydrogens (primary N) is 1. The molecule has 6 N–H and O–H groups in total. The van der Waals surface area contributed by atoms with E-state index < -0.39 is 25.7 Å². The first-order chi connectivity index (χ1) is 35.1. The summed E-state index contributed by atoms with van der Waals surface area (Å²) in [6.07, 6.45) is 16.3. The second-order valence-electron chi connectivity index (χ2n) is 20.4. The highest BCUT2D eigenvalue weighted by molar-refractivity contribution is 7.86. The SMILES string of the molecule is CCCC[N+]1=C(/C=C/C2=C(Oc3ccc(S(=O)(=O)O)cc3)C(=C/C=C3/N(CCCCCC(=O)CCC(=O)Nc4cccc(CCC(=N)N)c4)c4ccc(S(=O)(=O)O)cc4C3(C)C)/CCC2)C(C)(C)c2ccccc21. The molecular formula is C58H70N5O9S2+. The third-order valence-electron chi connectivity index (χ3n) is 14.3. The highest BCUT2D eigenvalue weighted by Crippen LogP contribution is 2.49. The zero-order valence-corrected chi connectivity index (χ0v) is 44.7. The minimum Gasteiger partial charge on any atom is -0.457 e. The van der Waals surface area contributed by atoms with Crippen molar-refractivity contribution in [3.8, 4) is 5.75 Å². The Morgan fingerprint density at radius 1 is 0.784 bits per heavy atom. The van der Waals surface area contributed by atoms with Crippen LogP contribution in [0.15, 0.2) is 148 Å². The number of amides is 1. The van der Waals surface area contributed by atoms with Gasteiger partial charge in [0.1, 0.15) is 23.8 Å². The van der Waals surface area contributed by atoms with E-state index in [2.05, 4.69) is 78.1 Å². The monoisotopic (exact) mass is 1040 g/mol. The molecule has 0 saturated carbocycles. The van der Waals surface area contributed by atoms with Crippen molar-refractivity contribution in [3.63, 3.8) is 0 Å². The van der Waals surface area contributed by atoms with Crippen LogP contribution in [-0.2, 0) is 47.1 Å². The highest BCUT2D eigenvalue weighted by Gasteiger charge is 2.44. The lowest BCUT2D eigenvalue weighted by molar-refractivity contribution is -0.438. The number of carbonyl (C=O) groups is 2. The number of rotatable bonds is 23. The molecule has 0 spiro atoms. The Labute approximate surface area is 436 Å². The lowest BCUT2D eigenvalue weighted by Gasteiger charge is -2.27. The van der Waals surface area contributed by atoms with Crippen molar-refractivity contribution in [2.75, 3.05) is 23.3 Å². The quantitative estimate of drug-likeness (QED) is 0.0155. The Balaban J connectivity index is 1.14. The number of para-hydroxylation sites is 1. The maximum absolute atomic E-state index is 13.0. The summed E-state index contributed by atoms with van der Waals surface area (Å²) >= 11 is 0. The summed E-state index contributed by atoms with van der Waals surface area (Å²) in [6.45, 7) is 12.1. The smallest absolute Gasteiger partial charge is 0.294 e. The Hall–Kier alpha value is -6.46. The Bertz CT molecular complexity index is 3190. The number of hydrogen-bond acceptors (Lipinski definition) is 9. The van der Waals surface area contributed by atoms with E-state index in [1.54, 1.807) is 12.1 Å². The fourth-order valence-corrected chi connectivity index (χ4v) is 11.2. The first kappa shape index (κ1) is 55.3. The van der Waals surface area contributed by atoms with E-state index in [1.165, 1.54) is 53.4 Å². The van der Waals surface area contributed by atoms with Gasteiger partial charge in [-0.15, -0.1) is 0 Å². The van der Waals surface area contributed by atoms with Crippen LogP contribution in [0.4, 0.5) is 17.1 Å². The number of amidine groups is 1. The molecule has 74 heavy (non-hydrogen) atoms. The predicted octanol–water partition coefficient (Wildman–Crippen LogP) is 11.5. The number of ketones is 1. The number of nitrogens with one attached hydrogen (secondary N) is 2. The van der Waals surface area contributed by atoms with Crippen LogP contribution in [0, 0.1) is 5.41 Å². The summed E-state index contributed by atoms with van der Waals surface area (Å²) in [4.78, 5) is 27.4. The van der Waals surface area contributed by atoms with E-state index in [-0.39, 0.29) is 45.6 Å². The van der Waals surface area contributed by atoms with Crippen molar-refractivity contribution in [3.05, 3.63) is 155 Å². The Kier molecular flexibility index (Phi) is 17.5. The summed E-state index contributed by atoms with van der Waals surface area (Å²) in [6, 6.07) is 26.2. The van der Waals surface area contributed by atoms with Gasteiger partial charge >= 0.3 is 0 Å². The van der Waals surface area contributed by atoms with Crippen LogP contribution in [0.25, 0.3) is 0 Å². The number of ether oxygens (including phenoxy) is 1. The molecule has 7 rings (SSSR count). The first-order valence-electron chi connectivity index (χ1n) is 25.5. The molecule has 0 unspecified atom stereocenters. The van der Waals surface area contributed by atoms with E-state index in [1.807, 2.05) is 38.1 Å².